The molecule has 0 aromatic carbocycles. The molecule has 98 valence electrons. The van der Waals surface area contributed by atoms with E-state index in [4.69, 9.17) is 4.42 Å². The number of carbonyl (C=O) groups excluding carboxylic acids is 1. The number of rotatable bonds is 4. The zero-order valence-electron chi connectivity index (χ0n) is 10.3. The summed E-state index contributed by atoms with van der Waals surface area (Å²) in [5.41, 5.74) is 0.154. The second-order valence-electron chi connectivity index (χ2n) is 4.69. The van der Waals surface area contributed by atoms with Crippen LogP contribution in [0.25, 0.3) is 0 Å². The summed E-state index contributed by atoms with van der Waals surface area (Å²) >= 11 is 0. The maximum Gasteiger partial charge on any atom is 0.254 e. The molecule has 0 atom stereocenters. The Balaban J connectivity index is 1.84. The predicted octanol–water partition coefficient (Wildman–Crippen LogP) is 1.77. The molecule has 5 nitrogen and oxygen atoms in total. The first-order valence-corrected chi connectivity index (χ1v) is 6.26. The highest BCUT2D eigenvalue weighted by Gasteiger charge is 2.33. The number of nitrogens with zero attached hydrogens (tertiary/aromatic N) is 1. The molecular formula is C14H14N2O3. The van der Waals surface area contributed by atoms with Crippen LogP contribution in [0.2, 0.25) is 0 Å². The number of aromatic nitrogens is 1. The third-order valence-electron chi connectivity index (χ3n) is 3.18. The average Bonchev–Trinajstić information content (AvgIpc) is 3.12. The first-order valence-electron chi connectivity index (χ1n) is 6.26. The fourth-order valence-corrected chi connectivity index (χ4v) is 2.07. The highest BCUT2D eigenvalue weighted by atomic mass is 16.3. The summed E-state index contributed by atoms with van der Waals surface area (Å²) in [6, 6.07) is 6.87. The molecule has 1 saturated carbocycles. The summed E-state index contributed by atoms with van der Waals surface area (Å²) in [6.45, 7) is 0.448. The van der Waals surface area contributed by atoms with E-state index in [-0.39, 0.29) is 17.5 Å². The van der Waals surface area contributed by atoms with Gasteiger partial charge in [-0.15, -0.1) is 0 Å². The van der Waals surface area contributed by atoms with Gasteiger partial charge in [0.1, 0.15) is 5.76 Å². The van der Waals surface area contributed by atoms with Gasteiger partial charge in [0.25, 0.3) is 5.91 Å². The van der Waals surface area contributed by atoms with E-state index in [1.807, 2.05) is 6.07 Å². The quantitative estimate of drug-likeness (QED) is 0.908. The van der Waals surface area contributed by atoms with Crippen molar-refractivity contribution >= 4 is 5.91 Å². The summed E-state index contributed by atoms with van der Waals surface area (Å²) in [6.07, 6.45) is 5.11. The van der Waals surface area contributed by atoms with E-state index in [1.54, 1.807) is 23.3 Å². The van der Waals surface area contributed by atoms with Gasteiger partial charge in [0.05, 0.1) is 12.8 Å². The first kappa shape index (κ1) is 11.8. The molecule has 1 amide bonds. The van der Waals surface area contributed by atoms with Gasteiger partial charge in [-0.25, -0.2) is 0 Å². The Hall–Kier alpha value is -2.30. The van der Waals surface area contributed by atoms with E-state index >= 15 is 0 Å². The molecule has 0 bridgehead atoms. The van der Waals surface area contributed by atoms with Gasteiger partial charge in [0.2, 0.25) is 5.56 Å². The summed E-state index contributed by atoms with van der Waals surface area (Å²) in [7, 11) is 0. The fourth-order valence-electron chi connectivity index (χ4n) is 2.07. The molecular weight excluding hydrogens is 244 g/mol. The Morgan fingerprint density at radius 3 is 2.89 bits per heavy atom. The number of hydrogen-bond acceptors (Lipinski definition) is 3. The Morgan fingerprint density at radius 2 is 2.26 bits per heavy atom. The number of H-pyrrole nitrogens is 1. The standard InChI is InChI=1S/C14H14N2O3/c17-13-8-10(5-6-15-13)14(18)16(11-3-4-11)9-12-2-1-7-19-12/h1-2,5-8,11H,3-4,9H2,(H,15,17). The lowest BCUT2D eigenvalue weighted by atomic mass is 10.2. The number of furan rings is 1. The molecule has 2 aromatic heterocycles. The summed E-state index contributed by atoms with van der Waals surface area (Å²) in [5.74, 6) is 0.634. The normalized spacial score (nSPS) is 14.3. The predicted molar refractivity (Wildman–Crippen MR) is 68.7 cm³/mol. The molecule has 1 fully saturated rings. The number of carbonyl (C=O) groups is 1. The lowest BCUT2D eigenvalue weighted by Gasteiger charge is -2.21. The number of nitrogens with one attached hydrogen (secondary N) is 1. The van der Waals surface area contributed by atoms with Gasteiger partial charge in [0.15, 0.2) is 0 Å². The zero-order valence-corrected chi connectivity index (χ0v) is 10.3. The van der Waals surface area contributed by atoms with Crippen LogP contribution >= 0.6 is 0 Å². The van der Waals surface area contributed by atoms with Gasteiger partial charge >= 0.3 is 0 Å². The number of amides is 1. The van der Waals surface area contributed by atoms with Crippen LogP contribution in [-0.4, -0.2) is 21.8 Å². The highest BCUT2D eigenvalue weighted by molar-refractivity contribution is 5.94. The minimum Gasteiger partial charge on any atom is -0.467 e. The molecule has 19 heavy (non-hydrogen) atoms. The van der Waals surface area contributed by atoms with E-state index < -0.39 is 0 Å². The molecule has 0 saturated heterocycles. The Kier molecular flexibility index (Phi) is 2.95. The molecule has 2 heterocycles. The van der Waals surface area contributed by atoms with Crippen molar-refractivity contribution in [2.24, 2.45) is 0 Å². The van der Waals surface area contributed by atoms with Crippen LogP contribution in [0.3, 0.4) is 0 Å². The maximum absolute atomic E-state index is 12.4. The van der Waals surface area contributed by atoms with Crippen molar-refractivity contribution in [2.45, 2.75) is 25.4 Å². The number of aromatic amines is 1. The van der Waals surface area contributed by atoms with Crippen LogP contribution in [0.5, 0.6) is 0 Å². The Labute approximate surface area is 109 Å². The third kappa shape index (κ3) is 2.59. The number of hydrogen-bond donors (Lipinski definition) is 1. The van der Waals surface area contributed by atoms with Crippen molar-refractivity contribution in [3.05, 3.63) is 58.4 Å². The van der Waals surface area contributed by atoms with E-state index in [1.165, 1.54) is 12.3 Å². The molecule has 1 N–H and O–H groups in total. The molecule has 1 aliphatic rings. The fraction of sp³-hybridized carbons (Fsp3) is 0.286. The zero-order chi connectivity index (χ0) is 13.2. The van der Waals surface area contributed by atoms with Gasteiger partial charge in [-0.05, 0) is 31.0 Å². The lowest BCUT2D eigenvalue weighted by Crippen LogP contribution is -2.33. The van der Waals surface area contributed by atoms with Crippen molar-refractivity contribution in [3.8, 4) is 0 Å². The minimum absolute atomic E-state index is 0.120. The molecule has 0 unspecified atom stereocenters. The lowest BCUT2D eigenvalue weighted by molar-refractivity contribution is 0.0717. The van der Waals surface area contributed by atoms with Crippen LogP contribution < -0.4 is 5.56 Å². The van der Waals surface area contributed by atoms with E-state index in [2.05, 4.69) is 4.98 Å². The molecule has 3 rings (SSSR count). The van der Waals surface area contributed by atoms with Crippen LogP contribution in [0, 0.1) is 0 Å². The monoisotopic (exact) mass is 258 g/mol. The summed E-state index contributed by atoms with van der Waals surface area (Å²) in [4.78, 5) is 28.0. The van der Waals surface area contributed by atoms with E-state index in [9.17, 15) is 9.59 Å². The third-order valence-corrected chi connectivity index (χ3v) is 3.18. The van der Waals surface area contributed by atoms with Crippen LogP contribution in [0.4, 0.5) is 0 Å². The molecule has 2 aromatic rings. The summed E-state index contributed by atoms with van der Waals surface area (Å²) < 4.78 is 5.29. The van der Waals surface area contributed by atoms with Crippen LogP contribution in [0.15, 0.2) is 45.9 Å². The Morgan fingerprint density at radius 1 is 1.42 bits per heavy atom. The smallest absolute Gasteiger partial charge is 0.254 e. The van der Waals surface area contributed by atoms with Crippen LogP contribution in [0.1, 0.15) is 29.0 Å². The SMILES string of the molecule is O=C(c1cc[nH]c(=O)c1)N(Cc1ccco1)C1CC1. The largest absolute Gasteiger partial charge is 0.467 e. The molecule has 0 spiro atoms. The van der Waals surface area contributed by atoms with Crippen molar-refractivity contribution < 1.29 is 9.21 Å². The minimum atomic E-state index is -0.264. The van der Waals surface area contributed by atoms with Gasteiger partial charge in [0, 0.05) is 23.9 Å². The van der Waals surface area contributed by atoms with Crippen molar-refractivity contribution in [3.63, 3.8) is 0 Å². The molecule has 0 radical (unpaired) electrons. The van der Waals surface area contributed by atoms with E-state index in [0.717, 1.165) is 18.6 Å². The van der Waals surface area contributed by atoms with Gasteiger partial charge in [-0.2, -0.15) is 0 Å². The molecule has 1 aliphatic carbocycles. The second kappa shape index (κ2) is 4.76. The highest BCUT2D eigenvalue weighted by Crippen LogP contribution is 2.29. The van der Waals surface area contributed by atoms with Gasteiger partial charge < -0.3 is 14.3 Å². The van der Waals surface area contributed by atoms with Crippen molar-refractivity contribution in [1.82, 2.24) is 9.88 Å². The Bertz CT molecular complexity index is 626. The topological polar surface area (TPSA) is 66.3 Å². The van der Waals surface area contributed by atoms with Crippen LogP contribution in [-0.2, 0) is 6.54 Å². The van der Waals surface area contributed by atoms with E-state index in [0.29, 0.717) is 12.1 Å². The van der Waals surface area contributed by atoms with Crippen molar-refractivity contribution in [2.75, 3.05) is 0 Å². The van der Waals surface area contributed by atoms with Crippen molar-refractivity contribution in [1.29, 1.82) is 0 Å². The molecule has 5 heteroatoms. The number of pyridine rings is 1. The van der Waals surface area contributed by atoms with Gasteiger partial charge in [-0.3, -0.25) is 9.59 Å². The first-order chi connectivity index (χ1) is 9.24. The molecule has 0 aliphatic heterocycles. The second-order valence-corrected chi connectivity index (χ2v) is 4.69. The maximum atomic E-state index is 12.4. The van der Waals surface area contributed by atoms with Gasteiger partial charge in [-0.1, -0.05) is 0 Å². The average molecular weight is 258 g/mol. The summed E-state index contributed by atoms with van der Waals surface area (Å²) in [5, 5.41) is 0.